The molecule has 16 heavy (non-hydrogen) atoms. The number of nitrogens with zero attached hydrogens (tertiary/aromatic N) is 1. The first-order valence-corrected chi connectivity index (χ1v) is 5.23. The van der Waals surface area contributed by atoms with Gasteiger partial charge in [-0.05, 0) is 18.9 Å². The third kappa shape index (κ3) is 2.17. The zero-order valence-electron chi connectivity index (χ0n) is 9.14. The van der Waals surface area contributed by atoms with Crippen LogP contribution in [0, 0.1) is 12.0 Å². The highest BCUT2D eigenvalue weighted by Gasteiger charge is 2.31. The molecule has 1 amide bonds. The molecule has 1 aromatic rings. The summed E-state index contributed by atoms with van der Waals surface area (Å²) in [5.74, 6) is 2.73. The molecule has 0 spiro atoms. The van der Waals surface area contributed by atoms with Crippen molar-refractivity contribution in [2.45, 2.75) is 19.4 Å². The van der Waals surface area contributed by atoms with Crippen molar-refractivity contribution in [3.8, 4) is 12.0 Å². The lowest BCUT2D eigenvalue weighted by atomic mass is 10.1. The molecule has 2 rings (SSSR count). The van der Waals surface area contributed by atoms with Gasteiger partial charge in [-0.1, -0.05) is 36.3 Å². The summed E-state index contributed by atoms with van der Waals surface area (Å²) in [6.45, 7) is 2.13. The van der Waals surface area contributed by atoms with Crippen LogP contribution in [0.15, 0.2) is 30.3 Å². The van der Waals surface area contributed by atoms with Crippen LogP contribution in [0.4, 0.5) is 4.79 Å². The summed E-state index contributed by atoms with van der Waals surface area (Å²) in [5, 5.41) is 0. The van der Waals surface area contributed by atoms with Crippen LogP contribution in [0.25, 0.3) is 0 Å². The van der Waals surface area contributed by atoms with Gasteiger partial charge in [-0.15, -0.1) is 0 Å². The monoisotopic (exact) mass is 215 g/mol. The second-order valence-corrected chi connectivity index (χ2v) is 3.65. The van der Waals surface area contributed by atoms with E-state index in [9.17, 15) is 4.79 Å². The van der Waals surface area contributed by atoms with Gasteiger partial charge in [0.2, 0.25) is 0 Å². The van der Waals surface area contributed by atoms with E-state index in [1.165, 1.54) is 10.5 Å². The van der Waals surface area contributed by atoms with E-state index in [0.29, 0.717) is 6.61 Å². The maximum Gasteiger partial charge on any atom is 0.422 e. The SMILES string of the molecule is CC#CN1C(=O)OC[C@H]1Cc1ccccc1. The van der Waals surface area contributed by atoms with Gasteiger partial charge in [0.15, 0.2) is 0 Å². The molecule has 1 fully saturated rings. The molecule has 0 unspecified atom stereocenters. The van der Waals surface area contributed by atoms with Crippen molar-refractivity contribution in [3.05, 3.63) is 35.9 Å². The highest BCUT2D eigenvalue weighted by molar-refractivity contribution is 5.72. The van der Waals surface area contributed by atoms with Crippen molar-refractivity contribution >= 4 is 6.09 Å². The molecule has 1 atom stereocenters. The van der Waals surface area contributed by atoms with Crippen molar-refractivity contribution < 1.29 is 9.53 Å². The van der Waals surface area contributed by atoms with Crippen molar-refractivity contribution in [2.24, 2.45) is 0 Å². The summed E-state index contributed by atoms with van der Waals surface area (Å²) in [4.78, 5) is 12.8. The van der Waals surface area contributed by atoms with Crippen LogP contribution in [0.1, 0.15) is 12.5 Å². The summed E-state index contributed by atoms with van der Waals surface area (Å²) in [6.07, 6.45) is 0.441. The second kappa shape index (κ2) is 4.71. The van der Waals surface area contributed by atoms with Gasteiger partial charge in [0, 0.05) is 6.04 Å². The summed E-state index contributed by atoms with van der Waals surface area (Å²) in [6, 6.07) is 12.8. The third-order valence-corrected chi connectivity index (χ3v) is 2.51. The maximum absolute atomic E-state index is 11.4. The molecule has 0 radical (unpaired) electrons. The molecule has 0 aromatic heterocycles. The van der Waals surface area contributed by atoms with Gasteiger partial charge in [-0.2, -0.15) is 0 Å². The van der Waals surface area contributed by atoms with Crippen LogP contribution in [-0.4, -0.2) is 23.6 Å². The molecule has 1 saturated heterocycles. The fourth-order valence-electron chi connectivity index (χ4n) is 1.75. The van der Waals surface area contributed by atoms with Gasteiger partial charge < -0.3 is 4.74 Å². The quantitative estimate of drug-likeness (QED) is 0.706. The largest absolute Gasteiger partial charge is 0.446 e. The lowest BCUT2D eigenvalue weighted by molar-refractivity contribution is 0.167. The second-order valence-electron chi connectivity index (χ2n) is 3.65. The van der Waals surface area contributed by atoms with Crippen molar-refractivity contribution in [1.82, 2.24) is 4.90 Å². The Labute approximate surface area is 95.0 Å². The topological polar surface area (TPSA) is 29.5 Å². The molecular weight excluding hydrogens is 202 g/mol. The Morgan fingerprint density at radius 3 is 2.88 bits per heavy atom. The van der Waals surface area contributed by atoms with E-state index in [4.69, 9.17) is 4.74 Å². The van der Waals surface area contributed by atoms with Gasteiger partial charge in [0.25, 0.3) is 0 Å². The van der Waals surface area contributed by atoms with Crippen LogP contribution in [-0.2, 0) is 11.2 Å². The van der Waals surface area contributed by atoms with Crippen molar-refractivity contribution in [3.63, 3.8) is 0 Å². The van der Waals surface area contributed by atoms with E-state index in [-0.39, 0.29) is 12.1 Å². The number of amides is 1. The van der Waals surface area contributed by atoms with E-state index in [1.54, 1.807) is 6.92 Å². The lowest BCUT2D eigenvalue weighted by Gasteiger charge is -2.14. The van der Waals surface area contributed by atoms with E-state index in [0.717, 1.165) is 6.42 Å². The molecule has 1 heterocycles. The van der Waals surface area contributed by atoms with Crippen molar-refractivity contribution in [1.29, 1.82) is 0 Å². The molecule has 0 N–H and O–H groups in total. The molecule has 3 heteroatoms. The standard InChI is InChI=1S/C13H13NO2/c1-2-8-14-12(10-16-13(14)15)9-11-6-4-3-5-7-11/h3-7,12H,9-10H2,1H3/t12-/m1/s1. The molecule has 1 aliphatic heterocycles. The Bertz CT molecular complexity index is 430. The summed E-state index contributed by atoms with van der Waals surface area (Å²) >= 11 is 0. The minimum absolute atomic E-state index is 0.0300. The van der Waals surface area contributed by atoms with Gasteiger partial charge in [-0.3, -0.25) is 0 Å². The summed E-state index contributed by atoms with van der Waals surface area (Å²) < 4.78 is 4.99. The average molecular weight is 215 g/mol. The van der Waals surface area contributed by atoms with Crippen LogP contribution in [0.2, 0.25) is 0 Å². The first kappa shape index (κ1) is 10.6. The molecule has 3 nitrogen and oxygen atoms in total. The molecule has 82 valence electrons. The number of rotatable bonds is 2. The summed E-state index contributed by atoms with van der Waals surface area (Å²) in [7, 11) is 0. The van der Waals surface area contributed by atoms with Gasteiger partial charge in [0.05, 0.1) is 6.04 Å². The number of benzene rings is 1. The van der Waals surface area contributed by atoms with E-state index < -0.39 is 0 Å². The number of cyclic esters (lactones) is 1. The third-order valence-electron chi connectivity index (χ3n) is 2.51. The summed E-state index contributed by atoms with van der Waals surface area (Å²) in [5.41, 5.74) is 1.19. The van der Waals surface area contributed by atoms with Crippen LogP contribution in [0.5, 0.6) is 0 Å². The minimum Gasteiger partial charge on any atom is -0.446 e. The minimum atomic E-state index is -0.338. The highest BCUT2D eigenvalue weighted by atomic mass is 16.6. The van der Waals surface area contributed by atoms with E-state index in [1.807, 2.05) is 30.3 Å². The average Bonchev–Trinajstić information content (AvgIpc) is 2.64. The predicted octanol–water partition coefficient (Wildman–Crippen LogP) is 2.03. The Balaban J connectivity index is 2.09. The van der Waals surface area contributed by atoms with Crippen LogP contribution < -0.4 is 0 Å². The molecule has 1 aliphatic rings. The smallest absolute Gasteiger partial charge is 0.422 e. The normalized spacial score (nSPS) is 18.9. The van der Waals surface area contributed by atoms with Gasteiger partial charge in [0.1, 0.15) is 6.61 Å². The number of hydrogen-bond donors (Lipinski definition) is 0. The maximum atomic E-state index is 11.4. The van der Waals surface area contributed by atoms with Crippen LogP contribution >= 0.6 is 0 Å². The Morgan fingerprint density at radius 2 is 2.19 bits per heavy atom. The van der Waals surface area contributed by atoms with E-state index >= 15 is 0 Å². The van der Waals surface area contributed by atoms with Gasteiger partial charge in [-0.25, -0.2) is 9.69 Å². The Kier molecular flexibility index (Phi) is 3.11. The Morgan fingerprint density at radius 1 is 1.44 bits per heavy atom. The van der Waals surface area contributed by atoms with Crippen molar-refractivity contribution in [2.75, 3.05) is 6.61 Å². The molecule has 0 bridgehead atoms. The Hall–Kier alpha value is -1.95. The zero-order valence-corrected chi connectivity index (χ0v) is 9.14. The molecular formula is C13H13NO2. The number of carbonyl (C=O) groups excluding carboxylic acids is 1. The molecule has 0 aliphatic carbocycles. The fraction of sp³-hybridized carbons (Fsp3) is 0.308. The fourth-order valence-corrected chi connectivity index (χ4v) is 1.75. The number of ether oxygens (including phenoxy) is 1. The highest BCUT2D eigenvalue weighted by Crippen LogP contribution is 2.15. The zero-order chi connectivity index (χ0) is 11.4. The predicted molar refractivity (Wildman–Crippen MR) is 60.6 cm³/mol. The lowest BCUT2D eigenvalue weighted by Crippen LogP contribution is -2.30. The first-order chi connectivity index (χ1) is 7.81. The van der Waals surface area contributed by atoms with Gasteiger partial charge >= 0.3 is 6.09 Å². The molecule has 0 saturated carbocycles. The first-order valence-electron chi connectivity index (χ1n) is 5.23. The van der Waals surface area contributed by atoms with Crippen LogP contribution in [0.3, 0.4) is 0 Å². The number of carbonyl (C=O) groups is 1. The molecule has 1 aromatic carbocycles. The van der Waals surface area contributed by atoms with E-state index in [2.05, 4.69) is 12.0 Å². The number of hydrogen-bond acceptors (Lipinski definition) is 2.